The third-order valence-corrected chi connectivity index (χ3v) is 3.22. The number of hydrogen-bond acceptors (Lipinski definition) is 8. The quantitative estimate of drug-likeness (QED) is 0.735. The molecule has 0 saturated carbocycles. The number of hydrogen-bond donors (Lipinski definition) is 0. The molecule has 142 valence electrons. The van der Waals surface area contributed by atoms with Crippen LogP contribution in [0.2, 0.25) is 0 Å². The van der Waals surface area contributed by atoms with Crippen molar-refractivity contribution in [2.45, 2.75) is 55.0 Å². The lowest BCUT2D eigenvalue weighted by Gasteiger charge is -2.16. The Morgan fingerprint density at radius 3 is 1.46 bits per heavy atom. The van der Waals surface area contributed by atoms with Crippen LogP contribution in [0.1, 0.15) is 41.5 Å². The van der Waals surface area contributed by atoms with Crippen LogP contribution in [0.3, 0.4) is 0 Å². The van der Waals surface area contributed by atoms with E-state index in [9.17, 15) is 9.59 Å². The first-order chi connectivity index (χ1) is 12.0. The van der Waals surface area contributed by atoms with Crippen LogP contribution in [0.5, 0.6) is 0 Å². The highest BCUT2D eigenvalue weighted by molar-refractivity contribution is 5.75. The lowest BCUT2D eigenvalue weighted by atomic mass is 9.97. The van der Waals surface area contributed by atoms with E-state index in [0.717, 1.165) is 0 Å². The van der Waals surface area contributed by atoms with Gasteiger partial charge in [-0.15, -0.1) is 10.2 Å². The SMILES string of the molecule is CC(C)(C)C(=O)OCn1cc(-c2cn(COC(=O)C(C)(C)C)nn2)nn1. The van der Waals surface area contributed by atoms with E-state index in [1.807, 2.05) is 0 Å². The maximum absolute atomic E-state index is 11.8. The van der Waals surface area contributed by atoms with Gasteiger partial charge in [0, 0.05) is 0 Å². The van der Waals surface area contributed by atoms with E-state index in [2.05, 4.69) is 20.6 Å². The summed E-state index contributed by atoms with van der Waals surface area (Å²) in [6.45, 7) is 10.5. The van der Waals surface area contributed by atoms with E-state index in [1.54, 1.807) is 53.9 Å². The molecule has 0 saturated heterocycles. The van der Waals surface area contributed by atoms with E-state index < -0.39 is 10.8 Å². The second-order valence-corrected chi connectivity index (χ2v) is 7.91. The predicted octanol–water partition coefficient (Wildman–Crippen LogP) is 1.63. The minimum atomic E-state index is -0.587. The van der Waals surface area contributed by atoms with Gasteiger partial charge in [0.05, 0.1) is 23.2 Å². The van der Waals surface area contributed by atoms with Crippen LogP contribution in [0.25, 0.3) is 11.4 Å². The van der Waals surface area contributed by atoms with Crippen molar-refractivity contribution in [1.29, 1.82) is 0 Å². The summed E-state index contributed by atoms with van der Waals surface area (Å²) in [6, 6.07) is 0. The van der Waals surface area contributed by atoms with Crippen molar-refractivity contribution >= 4 is 11.9 Å². The molecule has 10 nitrogen and oxygen atoms in total. The smallest absolute Gasteiger partial charge is 0.313 e. The van der Waals surface area contributed by atoms with Gasteiger partial charge in [-0.2, -0.15) is 0 Å². The Kier molecular flexibility index (Phi) is 5.43. The fourth-order valence-electron chi connectivity index (χ4n) is 1.64. The molecular weight excluding hydrogens is 340 g/mol. The number of nitrogens with zero attached hydrogens (tertiary/aromatic N) is 6. The van der Waals surface area contributed by atoms with Crippen LogP contribution in [-0.4, -0.2) is 41.9 Å². The first kappa shape index (κ1) is 19.5. The lowest BCUT2D eigenvalue weighted by Crippen LogP contribution is -2.24. The van der Waals surface area contributed by atoms with Crippen LogP contribution in [0, 0.1) is 10.8 Å². The van der Waals surface area contributed by atoms with E-state index in [0.29, 0.717) is 11.4 Å². The molecule has 0 N–H and O–H groups in total. The van der Waals surface area contributed by atoms with Gasteiger partial charge in [-0.3, -0.25) is 9.59 Å². The number of aromatic nitrogens is 6. The zero-order chi connectivity index (χ0) is 19.5. The van der Waals surface area contributed by atoms with Crippen LogP contribution in [0.15, 0.2) is 12.4 Å². The highest BCUT2D eigenvalue weighted by Crippen LogP contribution is 2.17. The highest BCUT2D eigenvalue weighted by Gasteiger charge is 2.24. The zero-order valence-corrected chi connectivity index (χ0v) is 15.9. The second kappa shape index (κ2) is 7.22. The minimum Gasteiger partial charge on any atom is -0.442 e. The fourth-order valence-corrected chi connectivity index (χ4v) is 1.64. The van der Waals surface area contributed by atoms with Crippen molar-refractivity contribution in [3.63, 3.8) is 0 Å². The van der Waals surface area contributed by atoms with Gasteiger partial charge in [0.15, 0.2) is 13.5 Å². The summed E-state index contributed by atoms with van der Waals surface area (Å²) < 4.78 is 13.1. The van der Waals surface area contributed by atoms with Gasteiger partial charge in [-0.05, 0) is 41.5 Å². The Labute approximate surface area is 151 Å². The molecule has 2 aromatic rings. The third kappa shape index (κ3) is 5.11. The molecule has 0 spiro atoms. The Morgan fingerprint density at radius 2 is 1.15 bits per heavy atom. The predicted molar refractivity (Wildman–Crippen MR) is 90.1 cm³/mol. The van der Waals surface area contributed by atoms with Crippen molar-refractivity contribution in [1.82, 2.24) is 30.0 Å². The molecule has 0 aliphatic rings. The van der Waals surface area contributed by atoms with Crippen LogP contribution >= 0.6 is 0 Å². The number of carbonyl (C=O) groups excluding carboxylic acids is 2. The monoisotopic (exact) mass is 364 g/mol. The van der Waals surface area contributed by atoms with Gasteiger partial charge in [-0.1, -0.05) is 10.4 Å². The summed E-state index contributed by atoms with van der Waals surface area (Å²) >= 11 is 0. The molecule has 0 aliphatic heterocycles. The Bertz CT molecular complexity index is 715. The number of esters is 2. The normalized spacial score (nSPS) is 12.1. The van der Waals surface area contributed by atoms with E-state index in [-0.39, 0.29) is 25.4 Å². The molecule has 2 aromatic heterocycles. The van der Waals surface area contributed by atoms with Crippen LogP contribution < -0.4 is 0 Å². The van der Waals surface area contributed by atoms with E-state index >= 15 is 0 Å². The minimum absolute atomic E-state index is 0.0412. The summed E-state index contributed by atoms with van der Waals surface area (Å²) in [7, 11) is 0. The van der Waals surface area contributed by atoms with Crippen LogP contribution in [-0.2, 0) is 32.5 Å². The maximum atomic E-state index is 11.8. The van der Waals surface area contributed by atoms with Gasteiger partial charge >= 0.3 is 11.9 Å². The first-order valence-electron chi connectivity index (χ1n) is 8.12. The largest absolute Gasteiger partial charge is 0.442 e. The molecule has 26 heavy (non-hydrogen) atoms. The Hall–Kier alpha value is -2.78. The standard InChI is InChI=1S/C16H24N6O4/c1-15(2,3)13(23)25-9-21-7-11(17-19-21)12-8-22(20-18-12)10-26-14(24)16(4,5)6/h7-8H,9-10H2,1-6H3. The van der Waals surface area contributed by atoms with Crippen LogP contribution in [0.4, 0.5) is 0 Å². The summed E-state index contributed by atoms with van der Waals surface area (Å²) in [6.07, 6.45) is 3.18. The third-order valence-electron chi connectivity index (χ3n) is 3.22. The number of rotatable bonds is 5. The number of ether oxygens (including phenoxy) is 2. The summed E-state index contributed by atoms with van der Waals surface area (Å²) in [5.74, 6) is -0.665. The van der Waals surface area contributed by atoms with Gasteiger partial charge in [0.1, 0.15) is 11.4 Å². The molecule has 0 fully saturated rings. The zero-order valence-electron chi connectivity index (χ0n) is 15.9. The summed E-state index contributed by atoms with van der Waals surface area (Å²) in [4.78, 5) is 23.5. The van der Waals surface area contributed by atoms with Crippen molar-refractivity contribution in [3.05, 3.63) is 12.4 Å². The van der Waals surface area contributed by atoms with Crippen molar-refractivity contribution in [3.8, 4) is 11.4 Å². The molecular formula is C16H24N6O4. The Morgan fingerprint density at radius 1 is 0.808 bits per heavy atom. The average molecular weight is 364 g/mol. The van der Waals surface area contributed by atoms with Gasteiger partial charge in [-0.25, -0.2) is 9.36 Å². The van der Waals surface area contributed by atoms with Gasteiger partial charge in [0.25, 0.3) is 0 Å². The molecule has 0 unspecified atom stereocenters. The highest BCUT2D eigenvalue weighted by atomic mass is 16.5. The molecule has 2 rings (SSSR count). The fraction of sp³-hybridized carbons (Fsp3) is 0.625. The summed E-state index contributed by atoms with van der Waals surface area (Å²) in [5.41, 5.74) is -0.247. The average Bonchev–Trinajstić information content (AvgIpc) is 3.17. The second-order valence-electron chi connectivity index (χ2n) is 7.91. The van der Waals surface area contributed by atoms with Gasteiger partial charge in [0.2, 0.25) is 0 Å². The Balaban J connectivity index is 1.94. The molecule has 0 amide bonds. The number of carbonyl (C=O) groups is 2. The lowest BCUT2D eigenvalue weighted by molar-refractivity contribution is -0.158. The molecule has 0 atom stereocenters. The van der Waals surface area contributed by atoms with Crippen molar-refractivity contribution in [2.24, 2.45) is 10.8 Å². The molecule has 0 aromatic carbocycles. The molecule has 10 heteroatoms. The van der Waals surface area contributed by atoms with Crippen molar-refractivity contribution < 1.29 is 19.1 Å². The van der Waals surface area contributed by atoms with Crippen molar-refractivity contribution in [2.75, 3.05) is 0 Å². The molecule has 0 aliphatic carbocycles. The van der Waals surface area contributed by atoms with E-state index in [4.69, 9.17) is 9.47 Å². The molecule has 0 radical (unpaired) electrons. The summed E-state index contributed by atoms with van der Waals surface area (Å²) in [5, 5.41) is 15.7. The maximum Gasteiger partial charge on any atom is 0.313 e. The molecule has 0 bridgehead atoms. The van der Waals surface area contributed by atoms with Gasteiger partial charge < -0.3 is 9.47 Å². The van der Waals surface area contributed by atoms with E-state index in [1.165, 1.54) is 9.36 Å². The molecule has 2 heterocycles. The first-order valence-corrected chi connectivity index (χ1v) is 8.12. The topological polar surface area (TPSA) is 114 Å².